The monoisotopic (exact) mass is 782 g/mol. The lowest BCUT2D eigenvalue weighted by Gasteiger charge is -2.38. The normalized spacial score (nSPS) is 19.4. The second-order valence-corrected chi connectivity index (χ2v) is 13.3. The molecule has 0 N–H and O–H groups in total. The van der Waals surface area contributed by atoms with Crippen LogP contribution in [-0.4, -0.2) is 23.9 Å². The van der Waals surface area contributed by atoms with Crippen molar-refractivity contribution in [2.24, 2.45) is 11.8 Å². The molecule has 0 saturated heterocycles. The van der Waals surface area contributed by atoms with Crippen molar-refractivity contribution in [2.45, 2.75) is 49.9 Å². The minimum Gasteiger partial charge on any atom is -0.460 e. The average Bonchev–Trinajstić information content (AvgIpc) is 3.33. The van der Waals surface area contributed by atoms with E-state index in [0.29, 0.717) is 29.8 Å². The number of carbonyl (C=O) groups excluding carboxylic acids is 2. The number of aryl methyl sites for hydroxylation is 2. The van der Waals surface area contributed by atoms with E-state index < -0.39 is 87.3 Å². The second kappa shape index (κ2) is 13.4. The van der Waals surface area contributed by atoms with E-state index in [2.05, 4.69) is 0 Å². The zero-order chi connectivity index (χ0) is 40.5. The third-order valence-electron chi connectivity index (χ3n) is 9.80. The number of fused-ring (bicyclic) bond motifs is 1. The summed E-state index contributed by atoms with van der Waals surface area (Å²) in [7, 11) is 0. The van der Waals surface area contributed by atoms with E-state index in [1.54, 1.807) is 0 Å². The van der Waals surface area contributed by atoms with E-state index in [1.165, 1.54) is 50.3 Å². The molecule has 0 aliphatic heterocycles. The van der Waals surface area contributed by atoms with Crippen LogP contribution in [0.4, 0.5) is 52.7 Å². The van der Waals surface area contributed by atoms with Crippen LogP contribution in [0, 0.1) is 25.7 Å². The first-order valence-electron chi connectivity index (χ1n) is 16.3. The summed E-state index contributed by atoms with van der Waals surface area (Å²) in [6.45, 7) is 2.89. The molecule has 288 valence electrons. The Labute approximate surface area is 304 Å². The summed E-state index contributed by atoms with van der Waals surface area (Å²) in [5.41, 5.74) is -10.2. The van der Waals surface area contributed by atoms with Gasteiger partial charge in [0.1, 0.15) is 17.4 Å². The van der Waals surface area contributed by atoms with Crippen molar-refractivity contribution >= 4 is 11.6 Å². The van der Waals surface area contributed by atoms with E-state index >= 15 is 0 Å². The van der Waals surface area contributed by atoms with Crippen molar-refractivity contribution < 1.29 is 67.0 Å². The molecule has 0 amide bonds. The fraction of sp³-hybridized carbons (Fsp3) is 0.250. The topological polar surface area (TPSA) is 43.4 Å². The molecule has 15 heteroatoms. The summed E-state index contributed by atoms with van der Waals surface area (Å²) in [4.78, 5) is 27.6. The molecule has 0 aromatic heterocycles. The highest BCUT2D eigenvalue weighted by Gasteiger charge is 2.72. The molecule has 6 rings (SSSR count). The van der Waals surface area contributed by atoms with Crippen LogP contribution in [-0.2, 0) is 27.4 Å². The van der Waals surface area contributed by atoms with Gasteiger partial charge in [0.25, 0.3) is 0 Å². The molecule has 0 radical (unpaired) electrons. The summed E-state index contributed by atoms with van der Waals surface area (Å²) in [6, 6.07) is 11.5. The number of ether oxygens (including phenoxy) is 1. The number of alkyl halides is 12. The van der Waals surface area contributed by atoms with Crippen LogP contribution in [0.5, 0.6) is 5.75 Å². The molecule has 4 aromatic carbocycles. The van der Waals surface area contributed by atoms with E-state index in [-0.39, 0.29) is 34.3 Å². The van der Waals surface area contributed by atoms with Crippen LogP contribution in [0.3, 0.4) is 0 Å². The standard InChI is InChI=1S/C40H26F12O3/c1-20-9-13-24(14-10-20)36(39(47,48)49,40(50,51)52)25-15-11-22(12-16-25)32-34(53)28-6-4-8-30(33(28)35(32)54)55-29-7-3-5-21(2)31(29)23-17-26(37(41,42)43)19-27(18-23)38(44,45)46/h3-19,28,32-33H,1-2H3. The summed E-state index contributed by atoms with van der Waals surface area (Å²) in [5.74, 6) is -6.38. The van der Waals surface area contributed by atoms with Crippen LogP contribution in [0.25, 0.3) is 11.1 Å². The molecule has 2 aliphatic rings. The van der Waals surface area contributed by atoms with Crippen LogP contribution in [0.15, 0.2) is 109 Å². The zero-order valence-corrected chi connectivity index (χ0v) is 28.3. The summed E-state index contributed by atoms with van der Waals surface area (Å²) in [6.07, 6.45) is -18.1. The van der Waals surface area contributed by atoms with Crippen molar-refractivity contribution in [2.75, 3.05) is 0 Å². The molecule has 4 aromatic rings. The van der Waals surface area contributed by atoms with Gasteiger partial charge in [-0.2, -0.15) is 52.7 Å². The number of hydrogen-bond acceptors (Lipinski definition) is 3. The van der Waals surface area contributed by atoms with E-state index in [9.17, 15) is 62.3 Å². The van der Waals surface area contributed by atoms with E-state index in [1.807, 2.05) is 0 Å². The first-order chi connectivity index (χ1) is 25.5. The van der Waals surface area contributed by atoms with Crippen LogP contribution >= 0.6 is 0 Å². The maximum atomic E-state index is 14.6. The highest BCUT2D eigenvalue weighted by molar-refractivity contribution is 6.17. The Morgan fingerprint density at radius 1 is 0.600 bits per heavy atom. The van der Waals surface area contributed by atoms with Crippen LogP contribution in [0.2, 0.25) is 0 Å². The molecular weight excluding hydrogens is 756 g/mol. The first kappa shape index (κ1) is 39.4. The molecule has 0 bridgehead atoms. The lowest BCUT2D eigenvalue weighted by molar-refractivity contribution is -0.288. The van der Waals surface area contributed by atoms with Gasteiger partial charge in [-0.05, 0) is 72.0 Å². The Kier molecular flexibility index (Phi) is 9.62. The van der Waals surface area contributed by atoms with Crippen LogP contribution in [0.1, 0.15) is 44.9 Å². The summed E-state index contributed by atoms with van der Waals surface area (Å²) >= 11 is 0. The number of rotatable bonds is 6. The fourth-order valence-electron chi connectivity index (χ4n) is 7.21. The third-order valence-corrected chi connectivity index (χ3v) is 9.80. The SMILES string of the molecule is Cc1ccc(C(c2ccc(C3C(=O)C4C=CC=C(Oc5cccc(C)c5-c5cc(C(F)(F)F)cc(C(F)(F)F)c5)C4C3=O)cc2)(C(F)(F)F)C(F)(F)F)cc1. The second-order valence-electron chi connectivity index (χ2n) is 13.3. The molecule has 1 saturated carbocycles. The Morgan fingerprint density at radius 2 is 1.13 bits per heavy atom. The Morgan fingerprint density at radius 3 is 1.64 bits per heavy atom. The lowest BCUT2D eigenvalue weighted by atomic mass is 9.72. The molecule has 0 heterocycles. The van der Waals surface area contributed by atoms with Gasteiger partial charge in [-0.3, -0.25) is 9.59 Å². The maximum Gasteiger partial charge on any atom is 0.416 e. The first-order valence-corrected chi connectivity index (χ1v) is 16.3. The van der Waals surface area contributed by atoms with Gasteiger partial charge in [-0.15, -0.1) is 0 Å². The minimum atomic E-state index is -5.88. The zero-order valence-electron chi connectivity index (χ0n) is 28.3. The average molecular weight is 783 g/mol. The molecule has 3 nitrogen and oxygen atoms in total. The van der Waals surface area contributed by atoms with Crippen molar-refractivity contribution in [3.05, 3.63) is 148 Å². The molecule has 3 unspecified atom stereocenters. The molecule has 2 aliphatic carbocycles. The highest BCUT2D eigenvalue weighted by Crippen LogP contribution is 2.56. The van der Waals surface area contributed by atoms with Crippen molar-refractivity contribution in [3.63, 3.8) is 0 Å². The van der Waals surface area contributed by atoms with E-state index in [0.717, 1.165) is 36.4 Å². The van der Waals surface area contributed by atoms with E-state index in [4.69, 9.17) is 4.74 Å². The third kappa shape index (κ3) is 6.82. The Bertz CT molecular complexity index is 2160. The fourth-order valence-corrected chi connectivity index (χ4v) is 7.21. The predicted octanol–water partition coefficient (Wildman–Crippen LogP) is 11.4. The lowest BCUT2D eigenvalue weighted by Crippen LogP contribution is -2.54. The molecule has 55 heavy (non-hydrogen) atoms. The summed E-state index contributed by atoms with van der Waals surface area (Å²) < 4.78 is 176. The van der Waals surface area contributed by atoms with Gasteiger partial charge < -0.3 is 4.74 Å². The molecule has 3 atom stereocenters. The van der Waals surface area contributed by atoms with Gasteiger partial charge in [0.05, 0.1) is 23.0 Å². The van der Waals surface area contributed by atoms with Gasteiger partial charge in [-0.25, -0.2) is 0 Å². The Balaban J connectivity index is 1.37. The number of Topliss-reactive ketones (excluding diaryl/α,β-unsaturated/α-hetero) is 2. The minimum absolute atomic E-state index is 0.0361. The Hall–Kier alpha value is -5.34. The molecular formula is C40H26F12O3. The largest absolute Gasteiger partial charge is 0.460 e. The molecule has 1 fully saturated rings. The number of ketones is 2. The predicted molar refractivity (Wildman–Crippen MR) is 175 cm³/mol. The highest BCUT2D eigenvalue weighted by atomic mass is 19.4. The van der Waals surface area contributed by atoms with Crippen LogP contribution < -0.4 is 4.74 Å². The van der Waals surface area contributed by atoms with Gasteiger partial charge in [-0.1, -0.05) is 78.4 Å². The van der Waals surface area contributed by atoms with Crippen molar-refractivity contribution in [3.8, 4) is 16.9 Å². The number of hydrogen-bond donors (Lipinski definition) is 0. The van der Waals surface area contributed by atoms with Gasteiger partial charge in [0.15, 0.2) is 11.6 Å². The smallest absolute Gasteiger partial charge is 0.416 e. The quantitative estimate of drug-likeness (QED) is 0.145. The number of carbonyl (C=O) groups is 2. The number of halogens is 12. The summed E-state index contributed by atoms with van der Waals surface area (Å²) in [5, 5.41) is 0. The van der Waals surface area contributed by atoms with Gasteiger partial charge >= 0.3 is 24.7 Å². The van der Waals surface area contributed by atoms with Gasteiger partial charge in [0.2, 0.25) is 5.41 Å². The van der Waals surface area contributed by atoms with Crippen molar-refractivity contribution in [1.82, 2.24) is 0 Å². The van der Waals surface area contributed by atoms with Crippen molar-refractivity contribution in [1.29, 1.82) is 0 Å². The van der Waals surface area contributed by atoms with Gasteiger partial charge in [0, 0.05) is 5.56 Å². The molecule has 0 spiro atoms. The maximum absolute atomic E-state index is 14.6. The number of benzene rings is 4. The number of allylic oxidation sites excluding steroid dienone is 4.